The Kier molecular flexibility index (Phi) is 5.20. The molecule has 0 unspecified atom stereocenters. The molecule has 0 fully saturated rings. The van der Waals surface area contributed by atoms with E-state index in [1.165, 1.54) is 10.6 Å². The van der Waals surface area contributed by atoms with Crippen LogP contribution in [-0.4, -0.2) is 21.0 Å². The molecule has 4 nitrogen and oxygen atoms in total. The lowest BCUT2D eigenvalue weighted by molar-refractivity contribution is 0.589. The summed E-state index contributed by atoms with van der Waals surface area (Å²) in [7, 11) is 0. The molecule has 0 aliphatic carbocycles. The Bertz CT molecular complexity index is 546. The van der Waals surface area contributed by atoms with Crippen molar-refractivity contribution >= 4 is 11.3 Å². The molecule has 2 rings (SSSR count). The Balaban J connectivity index is 2.25. The van der Waals surface area contributed by atoms with Crippen molar-refractivity contribution in [2.75, 3.05) is 0 Å². The van der Waals surface area contributed by atoms with Crippen molar-refractivity contribution in [1.82, 2.24) is 20.3 Å². The van der Waals surface area contributed by atoms with E-state index < -0.39 is 0 Å². The van der Waals surface area contributed by atoms with E-state index in [1.54, 1.807) is 11.3 Å². The van der Waals surface area contributed by atoms with E-state index in [0.29, 0.717) is 6.04 Å². The van der Waals surface area contributed by atoms with Crippen LogP contribution in [0.15, 0.2) is 12.4 Å². The third-order valence-corrected chi connectivity index (χ3v) is 4.00. The Hall–Kier alpha value is -1.33. The van der Waals surface area contributed by atoms with Crippen LogP contribution in [0.1, 0.15) is 43.3 Å². The van der Waals surface area contributed by atoms with E-state index in [0.717, 1.165) is 35.8 Å². The normalized spacial score (nSPS) is 11.2. The molecule has 0 aliphatic heterocycles. The third-order valence-electron chi connectivity index (χ3n) is 2.91. The lowest BCUT2D eigenvalue weighted by Gasteiger charge is -2.07. The molecule has 2 heterocycles. The zero-order valence-corrected chi connectivity index (χ0v) is 13.4. The van der Waals surface area contributed by atoms with E-state index in [4.69, 9.17) is 4.98 Å². The fraction of sp³-hybridized carbons (Fsp3) is 0.533. The van der Waals surface area contributed by atoms with E-state index in [2.05, 4.69) is 36.1 Å². The minimum Gasteiger partial charge on any atom is -0.310 e. The van der Waals surface area contributed by atoms with Crippen molar-refractivity contribution in [3.8, 4) is 10.8 Å². The molecule has 108 valence electrons. The predicted molar refractivity (Wildman–Crippen MR) is 83.8 cm³/mol. The van der Waals surface area contributed by atoms with Gasteiger partial charge in [0.2, 0.25) is 0 Å². The molecule has 2 aromatic heterocycles. The second kappa shape index (κ2) is 6.90. The Morgan fingerprint density at radius 2 is 1.95 bits per heavy atom. The van der Waals surface area contributed by atoms with Gasteiger partial charge in [0.05, 0.1) is 5.69 Å². The molecule has 20 heavy (non-hydrogen) atoms. The van der Waals surface area contributed by atoms with E-state index >= 15 is 0 Å². The Morgan fingerprint density at radius 1 is 1.25 bits per heavy atom. The number of aromatic nitrogens is 3. The average molecular weight is 290 g/mol. The third kappa shape index (κ3) is 3.84. The van der Waals surface area contributed by atoms with E-state index in [9.17, 15) is 0 Å². The van der Waals surface area contributed by atoms with Gasteiger partial charge in [-0.05, 0) is 18.9 Å². The lowest BCUT2D eigenvalue weighted by atomic mass is 10.2. The molecule has 0 aromatic carbocycles. The second-order valence-electron chi connectivity index (χ2n) is 5.26. The lowest BCUT2D eigenvalue weighted by Crippen LogP contribution is -2.21. The Labute approximate surface area is 124 Å². The van der Waals surface area contributed by atoms with Gasteiger partial charge in [-0.2, -0.15) is 0 Å². The molecule has 0 amide bonds. The van der Waals surface area contributed by atoms with Crippen LogP contribution in [0, 0.1) is 6.92 Å². The molecule has 0 aliphatic rings. The van der Waals surface area contributed by atoms with Crippen molar-refractivity contribution < 1.29 is 0 Å². The summed E-state index contributed by atoms with van der Waals surface area (Å²) in [5.41, 5.74) is 2.26. The number of thiazole rings is 1. The fourth-order valence-electron chi connectivity index (χ4n) is 1.85. The first-order valence-electron chi connectivity index (χ1n) is 7.11. The molecule has 0 saturated heterocycles. The predicted octanol–water partition coefficient (Wildman–Crippen LogP) is 3.36. The summed E-state index contributed by atoms with van der Waals surface area (Å²) < 4.78 is 0. The van der Waals surface area contributed by atoms with Crippen LogP contribution in [0.5, 0.6) is 0 Å². The topological polar surface area (TPSA) is 50.7 Å². The van der Waals surface area contributed by atoms with Gasteiger partial charge in [-0.1, -0.05) is 27.2 Å². The highest BCUT2D eigenvalue weighted by Gasteiger charge is 2.13. The van der Waals surface area contributed by atoms with Crippen molar-refractivity contribution in [2.24, 2.45) is 0 Å². The zero-order valence-electron chi connectivity index (χ0n) is 12.6. The molecular weight excluding hydrogens is 268 g/mol. The van der Waals surface area contributed by atoms with Crippen molar-refractivity contribution in [3.05, 3.63) is 28.5 Å². The SMILES string of the molecule is CCCc1nc(-c2ncc(C)cn2)sc1CNC(C)C. The smallest absolute Gasteiger partial charge is 0.188 e. The summed E-state index contributed by atoms with van der Waals surface area (Å²) in [4.78, 5) is 14.8. The maximum absolute atomic E-state index is 4.73. The van der Waals surface area contributed by atoms with Gasteiger partial charge in [-0.25, -0.2) is 15.0 Å². The number of nitrogens with zero attached hydrogens (tertiary/aromatic N) is 3. The molecule has 0 spiro atoms. The van der Waals surface area contributed by atoms with Gasteiger partial charge in [-0.15, -0.1) is 11.3 Å². The van der Waals surface area contributed by atoms with Crippen molar-refractivity contribution in [2.45, 2.75) is 53.1 Å². The summed E-state index contributed by atoms with van der Waals surface area (Å²) in [5, 5.41) is 4.39. The minimum atomic E-state index is 0.477. The molecule has 0 bridgehead atoms. The first-order chi connectivity index (χ1) is 9.60. The highest BCUT2D eigenvalue weighted by molar-refractivity contribution is 7.15. The first kappa shape index (κ1) is 15.1. The van der Waals surface area contributed by atoms with Crippen LogP contribution in [0.3, 0.4) is 0 Å². The summed E-state index contributed by atoms with van der Waals surface area (Å²) in [6, 6.07) is 0.477. The number of aryl methyl sites for hydroxylation is 2. The average Bonchev–Trinajstić information content (AvgIpc) is 2.81. The van der Waals surface area contributed by atoms with Gasteiger partial charge >= 0.3 is 0 Å². The van der Waals surface area contributed by atoms with E-state index in [-0.39, 0.29) is 0 Å². The van der Waals surface area contributed by atoms with Gasteiger partial charge < -0.3 is 5.32 Å². The summed E-state index contributed by atoms with van der Waals surface area (Å²) in [6.45, 7) is 9.36. The monoisotopic (exact) mass is 290 g/mol. The fourth-order valence-corrected chi connectivity index (χ4v) is 2.86. The summed E-state index contributed by atoms with van der Waals surface area (Å²) >= 11 is 1.70. The molecular formula is C15H22N4S. The summed E-state index contributed by atoms with van der Waals surface area (Å²) in [6.07, 6.45) is 5.80. The number of hydrogen-bond acceptors (Lipinski definition) is 5. The van der Waals surface area contributed by atoms with Crippen LogP contribution < -0.4 is 5.32 Å². The second-order valence-corrected chi connectivity index (χ2v) is 6.34. The zero-order chi connectivity index (χ0) is 14.5. The molecule has 5 heteroatoms. The van der Waals surface area contributed by atoms with E-state index in [1.807, 2.05) is 19.3 Å². The molecule has 1 N–H and O–H groups in total. The highest BCUT2D eigenvalue weighted by atomic mass is 32.1. The maximum atomic E-state index is 4.73. The van der Waals surface area contributed by atoms with Crippen molar-refractivity contribution in [1.29, 1.82) is 0 Å². The highest BCUT2D eigenvalue weighted by Crippen LogP contribution is 2.26. The van der Waals surface area contributed by atoms with Gasteiger partial charge in [-0.3, -0.25) is 0 Å². The number of nitrogens with one attached hydrogen (secondary N) is 1. The van der Waals surface area contributed by atoms with Crippen LogP contribution >= 0.6 is 11.3 Å². The van der Waals surface area contributed by atoms with Crippen molar-refractivity contribution in [3.63, 3.8) is 0 Å². The molecule has 0 saturated carbocycles. The largest absolute Gasteiger partial charge is 0.310 e. The summed E-state index contributed by atoms with van der Waals surface area (Å²) in [5.74, 6) is 0.730. The Morgan fingerprint density at radius 3 is 2.55 bits per heavy atom. The quantitative estimate of drug-likeness (QED) is 0.886. The van der Waals surface area contributed by atoms with Gasteiger partial charge in [0.1, 0.15) is 0 Å². The molecule has 2 aromatic rings. The number of rotatable bonds is 6. The standard InChI is InChI=1S/C15H22N4S/c1-5-6-12-13(9-16-10(2)3)20-15(19-12)14-17-7-11(4)8-18-14/h7-8,10,16H,5-6,9H2,1-4H3. The maximum Gasteiger partial charge on any atom is 0.188 e. The van der Waals surface area contributed by atoms with Crippen LogP contribution in [0.2, 0.25) is 0 Å². The molecule has 0 atom stereocenters. The molecule has 0 radical (unpaired) electrons. The number of hydrogen-bond donors (Lipinski definition) is 1. The van der Waals surface area contributed by atoms with Gasteiger partial charge in [0.25, 0.3) is 0 Å². The van der Waals surface area contributed by atoms with Gasteiger partial charge in [0, 0.05) is 29.9 Å². The van der Waals surface area contributed by atoms with Gasteiger partial charge in [0.15, 0.2) is 10.8 Å². The van der Waals surface area contributed by atoms with Crippen LogP contribution in [0.4, 0.5) is 0 Å². The first-order valence-corrected chi connectivity index (χ1v) is 7.92. The van der Waals surface area contributed by atoms with Crippen LogP contribution in [0.25, 0.3) is 10.8 Å². The minimum absolute atomic E-state index is 0.477. The van der Waals surface area contributed by atoms with Crippen LogP contribution in [-0.2, 0) is 13.0 Å².